The summed E-state index contributed by atoms with van der Waals surface area (Å²) >= 11 is 7.09. The van der Waals surface area contributed by atoms with Gasteiger partial charge in [0.2, 0.25) is 0 Å². The molecular formula is C27H51I2N3O8Pt. The summed E-state index contributed by atoms with van der Waals surface area (Å²) < 4.78 is 50.5. The number of hydrogen-bond donors (Lipinski definition) is 0. The first-order valence-electron chi connectivity index (χ1n) is 14.4. The Morgan fingerprint density at radius 2 is 0.951 bits per heavy atom. The average Bonchev–Trinajstić information content (AvgIpc) is 3.34. The van der Waals surface area contributed by atoms with E-state index >= 15 is 0 Å². The molecule has 0 N–H and O–H groups in total. The van der Waals surface area contributed by atoms with Crippen molar-refractivity contribution in [2.45, 2.75) is 51.2 Å². The van der Waals surface area contributed by atoms with Gasteiger partial charge < -0.3 is 9.47 Å². The molecule has 246 valence electrons. The third-order valence-corrected chi connectivity index (χ3v) is 8.90. The van der Waals surface area contributed by atoms with E-state index in [2.05, 4.69) is 87.9 Å². The molecule has 0 saturated heterocycles. The van der Waals surface area contributed by atoms with Crippen molar-refractivity contribution in [1.82, 2.24) is 10.5 Å². The number of rotatable bonds is 25. The fraction of sp³-hybridized carbons (Fsp3) is 0.889. The van der Waals surface area contributed by atoms with Gasteiger partial charge >= 0.3 is 165 Å². The monoisotopic (exact) mass is 994 g/mol. The van der Waals surface area contributed by atoms with Crippen LogP contribution < -0.4 is 0 Å². The van der Waals surface area contributed by atoms with Gasteiger partial charge in [-0.1, -0.05) is 19.3 Å². The Morgan fingerprint density at radius 3 is 1.27 bits per heavy atom. The van der Waals surface area contributed by atoms with Crippen molar-refractivity contribution in [2.75, 3.05) is 107 Å². The number of halogens is 2. The Bertz CT molecular complexity index is 708. The minimum absolute atomic E-state index is 0.568. The summed E-state index contributed by atoms with van der Waals surface area (Å²) in [6.45, 7) is 9.86. The second-order valence-corrected chi connectivity index (χ2v) is 14.1. The van der Waals surface area contributed by atoms with E-state index in [4.69, 9.17) is 37.9 Å². The number of methoxy groups -OCH3 is 2. The van der Waals surface area contributed by atoms with Crippen molar-refractivity contribution in [3.8, 4) is 0 Å². The first-order valence-corrected chi connectivity index (χ1v) is 17.4. The van der Waals surface area contributed by atoms with Crippen LogP contribution in [0.1, 0.15) is 32.1 Å². The van der Waals surface area contributed by atoms with Crippen LogP contribution in [0.15, 0.2) is 12.4 Å². The van der Waals surface area contributed by atoms with Gasteiger partial charge in [-0.15, -0.1) is 0 Å². The molecular weight excluding hydrogens is 943 g/mol. The molecule has 0 aromatic carbocycles. The molecule has 0 radical (unpaired) electrons. The normalized spacial score (nSPS) is 14.0. The standard InChI is InChI=1S/C21H40N2O8.C6H11I2N.Pt/c1-24-9-11-28-17-19-30-15-13-26-7-5-22-3-4-23(21-22)6-8-27-14-16-31-20-18-29-12-10-25-2;7-9(8)6-4-2-1-3-5-6;/h3-4H,5-20H2,1-2H3;6H,1-5H2;. The Kier molecular flexibility index (Phi) is 29.0. The molecule has 14 heteroatoms. The molecule has 1 saturated carbocycles. The molecule has 2 rings (SSSR count). The van der Waals surface area contributed by atoms with E-state index in [9.17, 15) is 0 Å². The van der Waals surface area contributed by atoms with E-state index in [0.717, 1.165) is 22.9 Å². The minimum atomic E-state index is 0.568. The van der Waals surface area contributed by atoms with Gasteiger partial charge in [0.05, 0.1) is 13.2 Å². The van der Waals surface area contributed by atoms with Gasteiger partial charge in [0.25, 0.3) is 0 Å². The van der Waals surface area contributed by atoms with Crippen LogP contribution in [-0.2, 0) is 70.3 Å². The predicted molar refractivity (Wildman–Crippen MR) is 171 cm³/mol. The fourth-order valence-corrected chi connectivity index (χ4v) is 5.69. The van der Waals surface area contributed by atoms with Gasteiger partial charge in [0.1, 0.15) is 0 Å². The summed E-state index contributed by atoms with van der Waals surface area (Å²) in [6, 6.07) is 0.861. The van der Waals surface area contributed by atoms with Gasteiger partial charge in [0, 0.05) is 66.0 Å². The van der Waals surface area contributed by atoms with Gasteiger partial charge in [0.15, 0.2) is 0 Å². The van der Waals surface area contributed by atoms with Crippen LogP contribution in [0.4, 0.5) is 0 Å². The van der Waals surface area contributed by atoms with E-state index in [1.807, 2.05) is 0 Å². The largest absolute Gasteiger partial charge is 0.185 e. The van der Waals surface area contributed by atoms with Gasteiger partial charge in [-0.05, 0) is 12.8 Å². The second kappa shape index (κ2) is 29.7. The molecule has 1 aromatic rings. The zero-order valence-electron chi connectivity index (χ0n) is 24.8. The van der Waals surface area contributed by atoms with Gasteiger partial charge in [-0.2, -0.15) is 1.33 Å². The zero-order chi connectivity index (χ0) is 29.8. The van der Waals surface area contributed by atoms with Crippen LogP contribution >= 0.6 is 45.7 Å². The van der Waals surface area contributed by atoms with Crippen LogP contribution in [0.5, 0.6) is 0 Å². The van der Waals surface area contributed by atoms with E-state index in [0.29, 0.717) is 92.5 Å². The van der Waals surface area contributed by atoms with E-state index < -0.39 is 0 Å². The van der Waals surface area contributed by atoms with Crippen molar-refractivity contribution in [3.63, 3.8) is 0 Å². The third kappa shape index (κ3) is 23.1. The molecule has 0 amide bonds. The minimum Gasteiger partial charge on any atom is -0.185 e. The molecule has 1 fully saturated rings. The zero-order valence-corrected chi connectivity index (χ0v) is 31.3. The summed E-state index contributed by atoms with van der Waals surface area (Å²) in [5, 5.41) is 0. The third-order valence-electron chi connectivity index (χ3n) is 6.02. The predicted octanol–water partition coefficient (Wildman–Crippen LogP) is 4.08. The molecule has 0 atom stereocenters. The summed E-state index contributed by atoms with van der Waals surface area (Å²) in [5.41, 5.74) is 0. The van der Waals surface area contributed by atoms with Crippen LogP contribution in [0.3, 0.4) is 0 Å². The summed E-state index contributed by atoms with van der Waals surface area (Å²) in [7, 11) is 3.31. The number of ether oxygens (including phenoxy) is 8. The SMILES string of the molecule is COCCOCCOCCOCCn1ccn(CCOCCOCCOCCOC)[c]1=[Pt].IN(I)C1CCCCC1. The maximum atomic E-state index is 5.65. The van der Waals surface area contributed by atoms with Crippen LogP contribution in [0.2, 0.25) is 0 Å². The summed E-state index contributed by atoms with van der Waals surface area (Å²) in [5.74, 6) is 0. The number of nitrogens with zero attached hydrogens (tertiary/aromatic N) is 3. The number of imidazole rings is 1. The Hall–Kier alpha value is 0.998. The van der Waals surface area contributed by atoms with E-state index in [1.54, 1.807) is 14.2 Å². The molecule has 1 aliphatic rings. The average molecular weight is 995 g/mol. The number of aromatic nitrogens is 2. The van der Waals surface area contributed by atoms with E-state index in [1.165, 1.54) is 32.1 Å². The number of hydrogen-bond acceptors (Lipinski definition) is 9. The topological polar surface area (TPSA) is 86.9 Å². The van der Waals surface area contributed by atoms with Crippen LogP contribution in [0, 0.1) is 3.80 Å². The summed E-state index contributed by atoms with van der Waals surface area (Å²) in [6.07, 6.45) is 11.3. The van der Waals surface area contributed by atoms with Crippen molar-refractivity contribution in [3.05, 3.63) is 16.2 Å². The second-order valence-electron chi connectivity index (χ2n) is 9.14. The molecule has 11 nitrogen and oxygen atoms in total. The maximum Gasteiger partial charge on any atom is 0.0311 e. The molecule has 0 aliphatic heterocycles. The summed E-state index contributed by atoms with van der Waals surface area (Å²) in [4.78, 5) is 0. The van der Waals surface area contributed by atoms with Crippen molar-refractivity contribution >= 4 is 45.7 Å². The molecule has 41 heavy (non-hydrogen) atoms. The first-order chi connectivity index (χ1) is 20.1. The van der Waals surface area contributed by atoms with Crippen LogP contribution in [-0.4, -0.2) is 123 Å². The Labute approximate surface area is 285 Å². The van der Waals surface area contributed by atoms with Crippen LogP contribution in [0.25, 0.3) is 0 Å². The Balaban J connectivity index is 0.000000787. The van der Waals surface area contributed by atoms with Gasteiger partial charge in [-0.3, -0.25) is 0 Å². The van der Waals surface area contributed by atoms with Gasteiger partial charge in [-0.25, -0.2) is 0 Å². The van der Waals surface area contributed by atoms with Crippen molar-refractivity contribution < 1.29 is 57.2 Å². The molecule has 1 heterocycles. The molecule has 1 aromatic heterocycles. The molecule has 0 spiro atoms. The molecule has 0 bridgehead atoms. The Morgan fingerprint density at radius 1 is 0.610 bits per heavy atom. The van der Waals surface area contributed by atoms with E-state index in [-0.39, 0.29) is 0 Å². The maximum absolute atomic E-state index is 5.65. The van der Waals surface area contributed by atoms with Crippen molar-refractivity contribution in [1.29, 1.82) is 0 Å². The first kappa shape index (κ1) is 40.0. The molecule has 0 unspecified atom stereocenters. The fourth-order valence-electron chi connectivity index (χ4n) is 3.73. The van der Waals surface area contributed by atoms with Crippen molar-refractivity contribution in [2.24, 2.45) is 0 Å². The quantitative estimate of drug-likeness (QED) is 0.0819. The molecule has 1 aliphatic carbocycles. The smallest absolute Gasteiger partial charge is 0.0311 e.